The second-order valence-electron chi connectivity index (χ2n) is 6.01. The first-order chi connectivity index (χ1) is 12.2. The van der Waals surface area contributed by atoms with Gasteiger partial charge < -0.3 is 0 Å². The minimum Gasteiger partial charge on any atom is -0.135 e. The van der Waals surface area contributed by atoms with Crippen LogP contribution in [0.25, 0.3) is 20.9 Å². The lowest BCUT2D eigenvalue weighted by Crippen LogP contribution is -1.85. The van der Waals surface area contributed by atoms with Crippen LogP contribution < -0.4 is 0 Å². The molecule has 122 valence electrons. The summed E-state index contributed by atoms with van der Waals surface area (Å²) in [7, 11) is 0. The summed E-state index contributed by atoms with van der Waals surface area (Å²) in [6.07, 6.45) is 14.4. The topological polar surface area (TPSA) is 0 Å². The molecule has 2 aromatic carbocycles. The number of hydrogen-bond acceptors (Lipinski definition) is 1. The summed E-state index contributed by atoms with van der Waals surface area (Å²) in [5.74, 6) is 5.36. The quantitative estimate of drug-likeness (QED) is 0.472. The van der Waals surface area contributed by atoms with E-state index in [9.17, 15) is 0 Å². The van der Waals surface area contributed by atoms with Crippen LogP contribution in [0.4, 0.5) is 0 Å². The second-order valence-corrected chi connectivity index (χ2v) is 7.06. The largest absolute Gasteiger partial charge is 0.135 e. The average molecular weight is 340 g/mol. The second kappa shape index (κ2) is 7.89. The molecule has 0 saturated carbocycles. The van der Waals surface area contributed by atoms with Crippen molar-refractivity contribution >= 4 is 11.3 Å². The van der Waals surface area contributed by atoms with E-state index in [0.717, 1.165) is 17.5 Å². The van der Waals surface area contributed by atoms with Crippen LogP contribution in [0.2, 0.25) is 0 Å². The van der Waals surface area contributed by atoms with Crippen molar-refractivity contribution in [2.45, 2.75) is 26.2 Å². The Labute approximate surface area is 154 Å². The van der Waals surface area contributed by atoms with Gasteiger partial charge in [-0.1, -0.05) is 49.5 Å². The van der Waals surface area contributed by atoms with Gasteiger partial charge in [0.1, 0.15) is 0 Å². The molecule has 0 aliphatic heterocycles. The average Bonchev–Trinajstić information content (AvgIpc) is 3.10. The molecule has 1 heterocycles. The van der Waals surface area contributed by atoms with Crippen LogP contribution in [-0.2, 0) is 6.42 Å². The molecule has 0 aliphatic carbocycles. The van der Waals surface area contributed by atoms with Gasteiger partial charge in [-0.05, 0) is 59.9 Å². The molecule has 1 heteroatoms. The van der Waals surface area contributed by atoms with E-state index in [0.29, 0.717) is 0 Å². The zero-order valence-electron chi connectivity index (χ0n) is 14.4. The van der Waals surface area contributed by atoms with Gasteiger partial charge in [0.15, 0.2) is 0 Å². The third kappa shape index (κ3) is 3.85. The van der Waals surface area contributed by atoms with Gasteiger partial charge in [0.2, 0.25) is 0 Å². The summed E-state index contributed by atoms with van der Waals surface area (Å²) < 4.78 is 0. The van der Waals surface area contributed by atoms with E-state index in [4.69, 9.17) is 12.8 Å². The summed E-state index contributed by atoms with van der Waals surface area (Å²) in [4.78, 5) is 2.62. The van der Waals surface area contributed by atoms with E-state index in [-0.39, 0.29) is 0 Å². The maximum Gasteiger partial charge on any atom is 0.0381 e. The maximum atomic E-state index is 5.48. The lowest BCUT2D eigenvalue weighted by molar-refractivity contribution is 0.798. The molecule has 0 aliphatic rings. The van der Waals surface area contributed by atoms with Gasteiger partial charge in [-0.2, -0.15) is 0 Å². The maximum absolute atomic E-state index is 5.48. The molecule has 3 aromatic rings. The fourth-order valence-electron chi connectivity index (χ4n) is 2.82. The Morgan fingerprint density at radius 3 is 1.92 bits per heavy atom. The van der Waals surface area contributed by atoms with Crippen molar-refractivity contribution in [2.75, 3.05) is 0 Å². The summed E-state index contributed by atoms with van der Waals surface area (Å²) >= 11 is 1.84. The first-order valence-corrected chi connectivity index (χ1v) is 9.33. The molecule has 0 amide bonds. The summed E-state index contributed by atoms with van der Waals surface area (Å²) in [6.45, 7) is 2.23. The third-order valence-corrected chi connectivity index (χ3v) is 5.53. The van der Waals surface area contributed by atoms with Crippen molar-refractivity contribution in [3.63, 3.8) is 0 Å². The fraction of sp³-hybridized carbons (Fsp3) is 0.167. The van der Waals surface area contributed by atoms with E-state index in [1.807, 2.05) is 35.6 Å². The minimum atomic E-state index is 0.914. The highest BCUT2D eigenvalue weighted by atomic mass is 32.1. The van der Waals surface area contributed by atoms with Crippen LogP contribution >= 0.6 is 11.3 Å². The molecule has 1 aromatic heterocycles. The molecule has 0 atom stereocenters. The van der Waals surface area contributed by atoms with Crippen molar-refractivity contribution in [1.82, 2.24) is 0 Å². The van der Waals surface area contributed by atoms with Crippen molar-refractivity contribution in [3.8, 4) is 45.6 Å². The number of benzene rings is 2. The number of rotatable bonds is 5. The molecule has 25 heavy (non-hydrogen) atoms. The fourth-order valence-corrected chi connectivity index (χ4v) is 4.04. The molecule has 0 bridgehead atoms. The molecule has 0 nitrogen and oxygen atoms in total. The first kappa shape index (κ1) is 17.1. The Balaban J connectivity index is 2.01. The Bertz CT molecular complexity index is 926. The molecular formula is C24H20S. The summed E-state index contributed by atoms with van der Waals surface area (Å²) in [5.41, 5.74) is 5.70. The van der Waals surface area contributed by atoms with Crippen LogP contribution in [0.3, 0.4) is 0 Å². The summed E-state index contributed by atoms with van der Waals surface area (Å²) in [6, 6.07) is 18.8. The number of thiophene rings is 1. The minimum absolute atomic E-state index is 0.914. The molecule has 0 N–H and O–H groups in total. The van der Waals surface area contributed by atoms with E-state index in [2.05, 4.69) is 49.1 Å². The predicted octanol–water partition coefficient (Wildman–Crippen LogP) is 6.39. The number of hydrogen-bond donors (Lipinski definition) is 0. The van der Waals surface area contributed by atoms with Crippen LogP contribution in [0, 0.1) is 24.7 Å². The van der Waals surface area contributed by atoms with Crippen molar-refractivity contribution in [1.29, 1.82) is 0 Å². The van der Waals surface area contributed by atoms with Gasteiger partial charge in [-0.25, -0.2) is 0 Å². The Hall–Kier alpha value is -2.74. The standard InChI is InChI=1S/C24H20S/c1-4-7-8-22-17-23(20-13-9-18(5-2)10-14-20)25-24(22)21-15-11-19(6-3)12-16-21/h2-3,9-17H,4,7-8H2,1H3. The van der Waals surface area contributed by atoms with Crippen LogP contribution in [0.5, 0.6) is 0 Å². The van der Waals surface area contributed by atoms with Gasteiger partial charge >= 0.3 is 0 Å². The molecule has 0 radical (unpaired) electrons. The lowest BCUT2D eigenvalue weighted by atomic mass is 10.0. The number of aryl methyl sites for hydroxylation is 1. The normalized spacial score (nSPS) is 10.2. The predicted molar refractivity (Wildman–Crippen MR) is 110 cm³/mol. The third-order valence-electron chi connectivity index (χ3n) is 4.26. The molecule has 3 rings (SSSR count). The van der Waals surface area contributed by atoms with Crippen molar-refractivity contribution in [3.05, 3.63) is 71.3 Å². The Morgan fingerprint density at radius 1 is 0.840 bits per heavy atom. The molecule has 0 saturated heterocycles. The van der Waals surface area contributed by atoms with Crippen molar-refractivity contribution in [2.24, 2.45) is 0 Å². The first-order valence-electron chi connectivity index (χ1n) is 8.52. The van der Waals surface area contributed by atoms with Gasteiger partial charge in [0.25, 0.3) is 0 Å². The van der Waals surface area contributed by atoms with E-state index in [1.165, 1.54) is 39.3 Å². The SMILES string of the molecule is C#Cc1ccc(-c2cc(CCCC)c(-c3ccc(C#C)cc3)s2)cc1. The van der Waals surface area contributed by atoms with Gasteiger partial charge in [0.05, 0.1) is 0 Å². The molecular weight excluding hydrogens is 320 g/mol. The highest BCUT2D eigenvalue weighted by Crippen LogP contribution is 2.39. The molecule has 0 fully saturated rings. The zero-order valence-corrected chi connectivity index (χ0v) is 15.2. The monoisotopic (exact) mass is 340 g/mol. The lowest BCUT2D eigenvalue weighted by Gasteiger charge is -2.03. The van der Waals surface area contributed by atoms with Crippen LogP contribution in [0.1, 0.15) is 36.5 Å². The Morgan fingerprint density at radius 2 is 1.40 bits per heavy atom. The van der Waals surface area contributed by atoms with Gasteiger partial charge in [-0.3, -0.25) is 0 Å². The number of unbranched alkanes of at least 4 members (excludes halogenated alkanes) is 1. The van der Waals surface area contributed by atoms with Gasteiger partial charge in [0, 0.05) is 20.9 Å². The molecule has 0 unspecified atom stereocenters. The highest BCUT2D eigenvalue weighted by molar-refractivity contribution is 7.19. The van der Waals surface area contributed by atoms with Gasteiger partial charge in [-0.15, -0.1) is 24.2 Å². The Kier molecular flexibility index (Phi) is 5.39. The van der Waals surface area contributed by atoms with E-state index >= 15 is 0 Å². The summed E-state index contributed by atoms with van der Waals surface area (Å²) in [5, 5.41) is 0. The van der Waals surface area contributed by atoms with Crippen LogP contribution in [0.15, 0.2) is 54.6 Å². The highest BCUT2D eigenvalue weighted by Gasteiger charge is 2.12. The van der Waals surface area contributed by atoms with E-state index < -0.39 is 0 Å². The smallest absolute Gasteiger partial charge is 0.0381 e. The van der Waals surface area contributed by atoms with E-state index in [1.54, 1.807) is 0 Å². The van der Waals surface area contributed by atoms with Crippen LogP contribution in [-0.4, -0.2) is 0 Å². The number of terminal acetylenes is 2. The van der Waals surface area contributed by atoms with Crippen molar-refractivity contribution < 1.29 is 0 Å². The zero-order chi connectivity index (χ0) is 17.6. The molecule has 0 spiro atoms.